The standard InChI is InChI=1S/C17H27N3O.2ClH/c1-19-12-7-6-10-15(19)11-13-20(2)17(21)16(18)14-8-4-3-5-9-14;;/h3-5,8-9,15-16H,6-7,10-13,18H2,1-2H3;2*1H. The number of hydrogen-bond acceptors (Lipinski definition) is 3. The van der Waals surface area contributed by atoms with E-state index in [1.807, 2.05) is 37.4 Å². The largest absolute Gasteiger partial charge is 0.344 e. The lowest BCUT2D eigenvalue weighted by molar-refractivity contribution is -0.131. The minimum absolute atomic E-state index is 0. The number of hydrogen-bond donors (Lipinski definition) is 1. The Labute approximate surface area is 152 Å². The third-order valence-electron chi connectivity index (χ3n) is 4.52. The van der Waals surface area contributed by atoms with Gasteiger partial charge in [0.25, 0.3) is 0 Å². The summed E-state index contributed by atoms with van der Waals surface area (Å²) < 4.78 is 0. The van der Waals surface area contributed by atoms with Crippen molar-refractivity contribution in [2.24, 2.45) is 5.73 Å². The van der Waals surface area contributed by atoms with Gasteiger partial charge < -0.3 is 15.5 Å². The molecule has 1 saturated heterocycles. The second-order valence-electron chi connectivity index (χ2n) is 6.07. The maximum Gasteiger partial charge on any atom is 0.243 e. The van der Waals surface area contributed by atoms with Crippen LogP contribution in [0.5, 0.6) is 0 Å². The number of likely N-dealkylation sites (tertiary alicyclic amines) is 1. The molecule has 1 amide bonds. The van der Waals surface area contributed by atoms with Gasteiger partial charge in [0.05, 0.1) is 0 Å². The van der Waals surface area contributed by atoms with Gasteiger partial charge in [-0.2, -0.15) is 0 Å². The van der Waals surface area contributed by atoms with Crippen molar-refractivity contribution < 1.29 is 4.79 Å². The minimum Gasteiger partial charge on any atom is -0.344 e. The van der Waals surface area contributed by atoms with E-state index in [-0.39, 0.29) is 30.7 Å². The maximum atomic E-state index is 12.4. The zero-order chi connectivity index (χ0) is 15.2. The van der Waals surface area contributed by atoms with E-state index >= 15 is 0 Å². The number of nitrogens with zero attached hydrogens (tertiary/aromatic N) is 2. The third kappa shape index (κ3) is 6.30. The fourth-order valence-electron chi connectivity index (χ4n) is 3.00. The quantitative estimate of drug-likeness (QED) is 0.876. The molecule has 0 aliphatic carbocycles. The SMILES string of the molecule is CN(CCC1CCCCN1C)C(=O)C(N)c1ccccc1.Cl.Cl. The highest BCUT2D eigenvalue weighted by molar-refractivity contribution is 5.85. The summed E-state index contributed by atoms with van der Waals surface area (Å²) >= 11 is 0. The van der Waals surface area contributed by atoms with E-state index in [0.717, 1.165) is 18.5 Å². The highest BCUT2D eigenvalue weighted by Crippen LogP contribution is 2.19. The van der Waals surface area contributed by atoms with Crippen LogP contribution < -0.4 is 5.73 Å². The van der Waals surface area contributed by atoms with Gasteiger partial charge in [-0.3, -0.25) is 4.79 Å². The van der Waals surface area contributed by atoms with Gasteiger partial charge >= 0.3 is 0 Å². The van der Waals surface area contributed by atoms with Crippen molar-refractivity contribution in [1.29, 1.82) is 0 Å². The van der Waals surface area contributed by atoms with Gasteiger partial charge in [-0.25, -0.2) is 0 Å². The first kappa shape index (κ1) is 22.2. The monoisotopic (exact) mass is 361 g/mol. The van der Waals surface area contributed by atoms with Gasteiger partial charge in [-0.15, -0.1) is 24.8 Å². The van der Waals surface area contributed by atoms with Gasteiger partial charge in [-0.1, -0.05) is 36.8 Å². The van der Waals surface area contributed by atoms with E-state index in [4.69, 9.17) is 5.73 Å². The first-order chi connectivity index (χ1) is 10.1. The van der Waals surface area contributed by atoms with Crippen molar-refractivity contribution in [3.8, 4) is 0 Å². The average Bonchev–Trinajstić information content (AvgIpc) is 2.53. The Bertz CT molecular complexity index is 458. The molecule has 0 saturated carbocycles. The molecule has 1 aromatic carbocycles. The lowest BCUT2D eigenvalue weighted by atomic mass is 9.99. The van der Waals surface area contributed by atoms with Crippen LogP contribution in [0, 0.1) is 0 Å². The smallest absolute Gasteiger partial charge is 0.243 e. The number of benzene rings is 1. The Kier molecular flexibility index (Phi) is 10.5. The average molecular weight is 362 g/mol. The van der Waals surface area contributed by atoms with Crippen molar-refractivity contribution in [1.82, 2.24) is 9.80 Å². The van der Waals surface area contributed by atoms with Crippen LogP contribution in [0.2, 0.25) is 0 Å². The number of rotatable bonds is 5. The number of amides is 1. The summed E-state index contributed by atoms with van der Waals surface area (Å²) in [5.74, 6) is -0.000312. The second-order valence-corrected chi connectivity index (χ2v) is 6.07. The summed E-state index contributed by atoms with van der Waals surface area (Å²) in [5, 5.41) is 0. The molecule has 2 atom stereocenters. The molecule has 0 aromatic heterocycles. The summed E-state index contributed by atoms with van der Waals surface area (Å²) in [5.41, 5.74) is 6.95. The Hall–Kier alpha value is -0.810. The molecule has 1 aromatic rings. The molecule has 132 valence electrons. The Morgan fingerprint density at radius 1 is 1.30 bits per heavy atom. The van der Waals surface area contributed by atoms with Crippen LogP contribution in [0.3, 0.4) is 0 Å². The zero-order valence-corrected chi connectivity index (χ0v) is 15.6. The molecular weight excluding hydrogens is 333 g/mol. The van der Waals surface area contributed by atoms with Gasteiger partial charge in [0.1, 0.15) is 6.04 Å². The fraction of sp³-hybridized carbons (Fsp3) is 0.588. The molecule has 2 N–H and O–H groups in total. The maximum absolute atomic E-state index is 12.4. The fourth-order valence-corrected chi connectivity index (χ4v) is 3.00. The Morgan fingerprint density at radius 2 is 1.96 bits per heavy atom. The molecule has 23 heavy (non-hydrogen) atoms. The first-order valence-electron chi connectivity index (χ1n) is 7.85. The van der Waals surface area contributed by atoms with E-state index in [9.17, 15) is 4.79 Å². The molecule has 1 fully saturated rings. The van der Waals surface area contributed by atoms with E-state index < -0.39 is 6.04 Å². The second kappa shape index (κ2) is 10.9. The molecule has 2 unspecified atom stereocenters. The number of carbonyl (C=O) groups is 1. The normalized spacial score (nSPS) is 19.2. The summed E-state index contributed by atoms with van der Waals surface area (Å²) in [6, 6.07) is 9.63. The third-order valence-corrected chi connectivity index (χ3v) is 4.52. The summed E-state index contributed by atoms with van der Waals surface area (Å²) in [4.78, 5) is 16.6. The molecule has 0 bridgehead atoms. The minimum atomic E-state index is -0.555. The topological polar surface area (TPSA) is 49.6 Å². The molecule has 1 aliphatic rings. The van der Waals surface area contributed by atoms with Crippen LogP contribution in [0.4, 0.5) is 0 Å². The van der Waals surface area contributed by atoms with Crippen molar-refractivity contribution in [3.05, 3.63) is 35.9 Å². The number of likely N-dealkylation sites (N-methyl/N-ethyl adjacent to an activating group) is 1. The van der Waals surface area contributed by atoms with Crippen LogP contribution >= 0.6 is 24.8 Å². The van der Waals surface area contributed by atoms with Gasteiger partial charge in [0, 0.05) is 19.6 Å². The predicted octanol–water partition coefficient (Wildman–Crippen LogP) is 2.86. The number of halogens is 2. The van der Waals surface area contributed by atoms with Crippen LogP contribution in [0.25, 0.3) is 0 Å². The molecule has 2 rings (SSSR count). The van der Waals surface area contributed by atoms with E-state index in [2.05, 4.69) is 11.9 Å². The van der Waals surface area contributed by atoms with Crippen molar-refractivity contribution in [2.45, 2.75) is 37.8 Å². The van der Waals surface area contributed by atoms with Crippen LogP contribution in [0.1, 0.15) is 37.3 Å². The molecule has 4 nitrogen and oxygen atoms in total. The summed E-state index contributed by atoms with van der Waals surface area (Å²) in [7, 11) is 4.04. The Morgan fingerprint density at radius 3 is 2.57 bits per heavy atom. The lowest BCUT2D eigenvalue weighted by Crippen LogP contribution is -2.41. The van der Waals surface area contributed by atoms with Crippen LogP contribution in [-0.2, 0) is 4.79 Å². The van der Waals surface area contributed by atoms with Crippen molar-refractivity contribution >= 4 is 30.7 Å². The van der Waals surface area contributed by atoms with E-state index in [0.29, 0.717) is 6.04 Å². The first-order valence-corrected chi connectivity index (χ1v) is 7.85. The van der Waals surface area contributed by atoms with Gasteiger partial charge in [0.15, 0.2) is 0 Å². The number of nitrogens with two attached hydrogens (primary N) is 1. The molecular formula is C17H29Cl2N3O. The summed E-state index contributed by atoms with van der Waals surface area (Å²) in [6.07, 6.45) is 4.86. The molecule has 0 radical (unpaired) electrons. The Balaban J connectivity index is 0.00000242. The van der Waals surface area contributed by atoms with Gasteiger partial charge in [-0.05, 0) is 38.4 Å². The lowest BCUT2D eigenvalue weighted by Gasteiger charge is -2.33. The number of carbonyl (C=O) groups excluding carboxylic acids is 1. The predicted molar refractivity (Wildman–Crippen MR) is 100 cm³/mol. The molecule has 0 spiro atoms. The van der Waals surface area contributed by atoms with E-state index in [1.165, 1.54) is 25.8 Å². The van der Waals surface area contributed by atoms with E-state index in [1.54, 1.807) is 4.90 Å². The zero-order valence-electron chi connectivity index (χ0n) is 14.0. The number of piperidine rings is 1. The van der Waals surface area contributed by atoms with Gasteiger partial charge in [0.2, 0.25) is 5.91 Å². The highest BCUT2D eigenvalue weighted by Gasteiger charge is 2.23. The van der Waals surface area contributed by atoms with Crippen molar-refractivity contribution in [2.75, 3.05) is 27.2 Å². The van der Waals surface area contributed by atoms with Crippen LogP contribution in [-0.4, -0.2) is 48.9 Å². The summed E-state index contributed by atoms with van der Waals surface area (Å²) in [6.45, 7) is 1.94. The highest BCUT2D eigenvalue weighted by atomic mass is 35.5. The van der Waals surface area contributed by atoms with Crippen LogP contribution in [0.15, 0.2) is 30.3 Å². The molecule has 6 heteroatoms. The molecule has 1 heterocycles. The van der Waals surface area contributed by atoms with Crippen molar-refractivity contribution in [3.63, 3.8) is 0 Å². The molecule has 1 aliphatic heterocycles.